The van der Waals surface area contributed by atoms with Crippen LogP contribution < -0.4 is 5.32 Å². The van der Waals surface area contributed by atoms with E-state index >= 15 is 0 Å². The molecule has 4 nitrogen and oxygen atoms in total. The van der Waals surface area contributed by atoms with E-state index in [4.69, 9.17) is 4.74 Å². The number of ether oxygens (including phenoxy) is 1. The highest BCUT2D eigenvalue weighted by atomic mass is 35.5. The summed E-state index contributed by atoms with van der Waals surface area (Å²) in [4.78, 5) is 15.1. The van der Waals surface area contributed by atoms with Crippen molar-refractivity contribution < 1.29 is 9.53 Å². The molecule has 2 aliphatic rings. The van der Waals surface area contributed by atoms with Crippen LogP contribution in [0.25, 0.3) is 10.8 Å². The summed E-state index contributed by atoms with van der Waals surface area (Å²) in [5.74, 6) is 0.242. The first-order valence-corrected chi connectivity index (χ1v) is 9.33. The van der Waals surface area contributed by atoms with E-state index in [1.165, 1.54) is 16.3 Å². The van der Waals surface area contributed by atoms with Gasteiger partial charge in [-0.2, -0.15) is 0 Å². The Kier molecular flexibility index (Phi) is 6.17. The molecule has 1 heterocycles. The highest BCUT2D eigenvalue weighted by Gasteiger charge is 2.37. The van der Waals surface area contributed by atoms with E-state index in [9.17, 15) is 4.79 Å². The summed E-state index contributed by atoms with van der Waals surface area (Å²) in [6.07, 6.45) is 2.77. The van der Waals surface area contributed by atoms with Crippen molar-refractivity contribution in [3.63, 3.8) is 0 Å². The fourth-order valence-electron chi connectivity index (χ4n) is 3.78. The maximum atomic E-state index is 13.0. The van der Waals surface area contributed by atoms with Crippen LogP contribution in [0.15, 0.2) is 42.5 Å². The average Bonchev–Trinajstić information content (AvgIpc) is 3.47. The van der Waals surface area contributed by atoms with E-state index < -0.39 is 0 Å². The number of halogens is 1. The number of hydrogen-bond acceptors (Lipinski definition) is 3. The number of rotatable bonds is 5. The third-order valence-corrected chi connectivity index (χ3v) is 5.32. The minimum atomic E-state index is 0. The Hall–Kier alpha value is -1.62. The molecule has 1 amide bonds. The van der Waals surface area contributed by atoms with Crippen molar-refractivity contribution in [1.29, 1.82) is 0 Å². The van der Waals surface area contributed by atoms with Crippen LogP contribution in [0.4, 0.5) is 0 Å². The van der Waals surface area contributed by atoms with Crippen LogP contribution in [0.5, 0.6) is 0 Å². The van der Waals surface area contributed by atoms with Gasteiger partial charge in [-0.1, -0.05) is 36.4 Å². The molecule has 0 bridgehead atoms. The van der Waals surface area contributed by atoms with E-state index in [-0.39, 0.29) is 30.4 Å². The normalized spacial score (nSPS) is 21.0. The lowest BCUT2D eigenvalue weighted by Crippen LogP contribution is -2.46. The zero-order valence-corrected chi connectivity index (χ0v) is 16.0. The van der Waals surface area contributed by atoms with Gasteiger partial charge in [0.05, 0.1) is 19.3 Å². The maximum Gasteiger partial charge on any atom is 0.224 e. The van der Waals surface area contributed by atoms with Crippen LogP contribution in [0.3, 0.4) is 0 Å². The van der Waals surface area contributed by atoms with Gasteiger partial charge in [0, 0.05) is 25.0 Å². The Balaban J connectivity index is 0.00000196. The van der Waals surface area contributed by atoms with Crippen LogP contribution in [0.2, 0.25) is 0 Å². The number of amides is 1. The fourth-order valence-corrected chi connectivity index (χ4v) is 3.78. The van der Waals surface area contributed by atoms with Crippen molar-refractivity contribution in [2.45, 2.75) is 44.3 Å². The predicted octanol–water partition coefficient (Wildman–Crippen LogP) is 3.69. The molecule has 2 atom stereocenters. The SMILES string of the molecule is CC(c1ccc2ccccc2c1)N(C(=O)CC1COCCN1)C1CC1.Cl. The summed E-state index contributed by atoms with van der Waals surface area (Å²) in [5.41, 5.74) is 1.21. The number of nitrogens with one attached hydrogen (secondary N) is 1. The van der Waals surface area contributed by atoms with Crippen molar-refractivity contribution in [3.05, 3.63) is 48.0 Å². The summed E-state index contributed by atoms with van der Waals surface area (Å²) in [6, 6.07) is 15.6. The second kappa shape index (κ2) is 8.38. The number of benzene rings is 2. The zero-order chi connectivity index (χ0) is 17.2. The molecule has 1 saturated heterocycles. The Morgan fingerprint density at radius 1 is 1.23 bits per heavy atom. The summed E-state index contributed by atoms with van der Waals surface area (Å²) in [7, 11) is 0. The summed E-state index contributed by atoms with van der Waals surface area (Å²) in [5, 5.41) is 5.87. The van der Waals surface area contributed by atoms with Gasteiger partial charge in [0.25, 0.3) is 0 Å². The first-order chi connectivity index (χ1) is 12.2. The molecule has 2 unspecified atom stereocenters. The molecule has 5 heteroatoms. The summed E-state index contributed by atoms with van der Waals surface area (Å²) >= 11 is 0. The van der Waals surface area contributed by atoms with Gasteiger partial charge in [-0.05, 0) is 42.2 Å². The lowest BCUT2D eigenvalue weighted by Gasteiger charge is -2.32. The predicted molar refractivity (Wildman–Crippen MR) is 107 cm³/mol. The lowest BCUT2D eigenvalue weighted by atomic mass is 10.0. The Morgan fingerprint density at radius 2 is 2.00 bits per heavy atom. The zero-order valence-electron chi connectivity index (χ0n) is 15.2. The monoisotopic (exact) mass is 374 g/mol. The molecule has 26 heavy (non-hydrogen) atoms. The first-order valence-electron chi connectivity index (χ1n) is 9.33. The van der Waals surface area contributed by atoms with E-state index in [1.54, 1.807) is 0 Å². The van der Waals surface area contributed by atoms with Crippen LogP contribution in [0.1, 0.15) is 37.8 Å². The largest absolute Gasteiger partial charge is 0.378 e. The Morgan fingerprint density at radius 3 is 2.69 bits per heavy atom. The topological polar surface area (TPSA) is 41.6 Å². The highest BCUT2D eigenvalue weighted by Crippen LogP contribution is 2.35. The summed E-state index contributed by atoms with van der Waals surface area (Å²) in [6.45, 7) is 4.37. The molecular weight excluding hydrogens is 348 g/mol. The average molecular weight is 375 g/mol. The van der Waals surface area contributed by atoms with E-state index in [1.807, 2.05) is 0 Å². The molecular formula is C21H27ClN2O2. The number of carbonyl (C=O) groups excluding carboxylic acids is 1. The molecule has 1 N–H and O–H groups in total. The Labute approximate surface area is 161 Å². The first kappa shape index (κ1) is 19.2. The quantitative estimate of drug-likeness (QED) is 0.867. The van der Waals surface area contributed by atoms with Crippen LogP contribution >= 0.6 is 12.4 Å². The molecule has 1 saturated carbocycles. The van der Waals surface area contributed by atoms with Crippen molar-refractivity contribution >= 4 is 29.1 Å². The van der Waals surface area contributed by atoms with E-state index in [0.29, 0.717) is 19.1 Å². The second-order valence-electron chi connectivity index (χ2n) is 7.24. The van der Waals surface area contributed by atoms with Gasteiger partial charge in [0.1, 0.15) is 0 Å². The number of hydrogen-bond donors (Lipinski definition) is 1. The number of carbonyl (C=O) groups is 1. The third-order valence-electron chi connectivity index (χ3n) is 5.32. The molecule has 2 aromatic rings. The maximum absolute atomic E-state index is 13.0. The van der Waals surface area contributed by atoms with Crippen molar-refractivity contribution in [2.24, 2.45) is 0 Å². The van der Waals surface area contributed by atoms with Gasteiger partial charge in [0.15, 0.2) is 0 Å². The highest BCUT2D eigenvalue weighted by molar-refractivity contribution is 5.85. The van der Waals surface area contributed by atoms with E-state index in [0.717, 1.165) is 26.0 Å². The third kappa shape index (κ3) is 4.20. The smallest absolute Gasteiger partial charge is 0.224 e. The van der Waals surface area contributed by atoms with Gasteiger partial charge in [0.2, 0.25) is 5.91 Å². The van der Waals surface area contributed by atoms with Gasteiger partial charge in [-0.3, -0.25) is 4.79 Å². The van der Waals surface area contributed by atoms with Crippen LogP contribution in [-0.4, -0.2) is 42.6 Å². The molecule has 2 aromatic carbocycles. The number of morpholine rings is 1. The minimum Gasteiger partial charge on any atom is -0.378 e. The summed E-state index contributed by atoms with van der Waals surface area (Å²) < 4.78 is 5.50. The van der Waals surface area contributed by atoms with Gasteiger partial charge in [-0.15, -0.1) is 12.4 Å². The minimum absolute atomic E-state index is 0. The standard InChI is InChI=1S/C21H26N2O2.ClH/c1-15(17-7-6-16-4-2-3-5-18(16)12-17)23(20-8-9-20)21(24)13-19-14-25-11-10-22-19;/h2-7,12,15,19-20,22H,8-11,13-14H2,1H3;1H. The van der Waals surface area contributed by atoms with Gasteiger partial charge >= 0.3 is 0 Å². The van der Waals surface area contributed by atoms with Crippen molar-refractivity contribution in [3.8, 4) is 0 Å². The molecule has 2 fully saturated rings. The molecule has 0 spiro atoms. The Bertz CT molecular complexity index is 757. The number of fused-ring (bicyclic) bond motifs is 1. The molecule has 0 radical (unpaired) electrons. The van der Waals surface area contributed by atoms with Crippen LogP contribution in [-0.2, 0) is 9.53 Å². The molecule has 0 aromatic heterocycles. The molecule has 1 aliphatic heterocycles. The van der Waals surface area contributed by atoms with E-state index in [2.05, 4.69) is 59.6 Å². The van der Waals surface area contributed by atoms with Crippen LogP contribution in [0, 0.1) is 0 Å². The fraction of sp³-hybridized carbons (Fsp3) is 0.476. The van der Waals surface area contributed by atoms with Gasteiger partial charge < -0.3 is 15.0 Å². The van der Waals surface area contributed by atoms with Crippen molar-refractivity contribution in [1.82, 2.24) is 10.2 Å². The van der Waals surface area contributed by atoms with Gasteiger partial charge in [-0.25, -0.2) is 0 Å². The molecule has 4 rings (SSSR count). The number of nitrogens with zero attached hydrogens (tertiary/aromatic N) is 1. The second-order valence-corrected chi connectivity index (χ2v) is 7.24. The van der Waals surface area contributed by atoms with Crippen molar-refractivity contribution in [2.75, 3.05) is 19.8 Å². The lowest BCUT2D eigenvalue weighted by molar-refractivity contribution is -0.135. The molecule has 1 aliphatic carbocycles. The molecule has 140 valence electrons.